The van der Waals surface area contributed by atoms with Crippen LogP contribution in [0.5, 0.6) is 5.75 Å². The van der Waals surface area contributed by atoms with Gasteiger partial charge in [-0.2, -0.15) is 4.98 Å². The summed E-state index contributed by atoms with van der Waals surface area (Å²) in [7, 11) is 0. The van der Waals surface area contributed by atoms with Crippen molar-refractivity contribution in [1.29, 1.82) is 0 Å². The highest BCUT2D eigenvalue weighted by atomic mass is 32.1. The number of nitrogens with zero attached hydrogens (tertiary/aromatic N) is 3. The summed E-state index contributed by atoms with van der Waals surface area (Å²) in [6.45, 7) is 4.65. The maximum atomic E-state index is 13.1. The predicted molar refractivity (Wildman–Crippen MR) is 117 cm³/mol. The molecule has 6 nitrogen and oxygen atoms in total. The molecule has 154 valence electrons. The molecular weight excluding hydrogens is 398 g/mol. The van der Waals surface area contributed by atoms with Crippen molar-refractivity contribution >= 4 is 28.0 Å². The van der Waals surface area contributed by atoms with Gasteiger partial charge in [-0.3, -0.25) is 4.79 Å². The summed E-state index contributed by atoms with van der Waals surface area (Å²) in [5.41, 5.74) is 0. The van der Waals surface area contributed by atoms with E-state index in [0.717, 1.165) is 15.6 Å². The second kappa shape index (κ2) is 9.09. The van der Waals surface area contributed by atoms with Crippen molar-refractivity contribution in [3.63, 3.8) is 0 Å². The number of hydrogen-bond donors (Lipinski definition) is 0. The topological polar surface area (TPSA) is 68.5 Å². The van der Waals surface area contributed by atoms with Gasteiger partial charge < -0.3 is 14.2 Å². The Bertz CT molecular complexity index is 1120. The molecule has 0 saturated carbocycles. The molecule has 0 saturated heterocycles. The second-order valence-electron chi connectivity index (χ2n) is 6.87. The van der Waals surface area contributed by atoms with E-state index in [0.29, 0.717) is 30.4 Å². The number of amides is 1. The molecule has 1 atom stereocenters. The quantitative estimate of drug-likeness (QED) is 0.393. The first-order valence-electron chi connectivity index (χ1n) is 9.98. The van der Waals surface area contributed by atoms with E-state index in [-0.39, 0.29) is 12.5 Å². The molecule has 0 unspecified atom stereocenters. The molecule has 7 heteroatoms. The number of thiophene rings is 1. The molecule has 2 heterocycles. The predicted octanol–water partition coefficient (Wildman–Crippen LogP) is 5.16. The van der Waals surface area contributed by atoms with Crippen LogP contribution in [-0.4, -0.2) is 33.6 Å². The number of carbonyl (C=O) groups excluding carboxylic acids is 1. The zero-order valence-electron chi connectivity index (χ0n) is 16.9. The molecular formula is C23H23N3O3S. The first kappa shape index (κ1) is 20.1. The van der Waals surface area contributed by atoms with Gasteiger partial charge in [0.25, 0.3) is 5.91 Å². The van der Waals surface area contributed by atoms with Crippen LogP contribution in [0.1, 0.15) is 26.2 Å². The lowest BCUT2D eigenvalue weighted by atomic mass is 10.1. The molecule has 0 fully saturated rings. The monoisotopic (exact) mass is 421 g/mol. The first-order chi connectivity index (χ1) is 14.7. The van der Waals surface area contributed by atoms with Gasteiger partial charge >= 0.3 is 0 Å². The summed E-state index contributed by atoms with van der Waals surface area (Å²) in [5, 5.41) is 8.20. The highest BCUT2D eigenvalue weighted by Gasteiger charge is 2.25. The van der Waals surface area contributed by atoms with Gasteiger partial charge in [0.05, 0.1) is 4.88 Å². The van der Waals surface area contributed by atoms with Gasteiger partial charge in [-0.25, -0.2) is 0 Å². The highest BCUT2D eigenvalue weighted by Crippen LogP contribution is 2.24. The zero-order chi connectivity index (χ0) is 20.9. The van der Waals surface area contributed by atoms with Crippen molar-refractivity contribution < 1.29 is 14.1 Å². The van der Waals surface area contributed by atoms with Gasteiger partial charge in [-0.15, -0.1) is 11.3 Å². The van der Waals surface area contributed by atoms with Gasteiger partial charge in [0, 0.05) is 6.54 Å². The molecule has 2 aromatic heterocycles. The largest absolute Gasteiger partial charge is 0.481 e. The van der Waals surface area contributed by atoms with Crippen LogP contribution in [0.25, 0.3) is 21.5 Å². The Labute approximate surface area is 179 Å². The summed E-state index contributed by atoms with van der Waals surface area (Å²) >= 11 is 1.55. The van der Waals surface area contributed by atoms with E-state index in [1.807, 2.05) is 67.8 Å². The molecule has 0 bridgehead atoms. The van der Waals surface area contributed by atoms with Gasteiger partial charge in [0.2, 0.25) is 11.7 Å². The lowest BCUT2D eigenvalue weighted by molar-refractivity contribution is -0.139. The Morgan fingerprint density at radius 3 is 2.70 bits per heavy atom. The van der Waals surface area contributed by atoms with E-state index in [2.05, 4.69) is 16.2 Å². The smallest absolute Gasteiger partial charge is 0.264 e. The van der Waals surface area contributed by atoms with E-state index in [4.69, 9.17) is 9.26 Å². The number of carbonyl (C=O) groups is 1. The SMILES string of the molecule is CC[C@H](Oc1ccc2ccccc2c1)C(=O)N(CC)Cc1nc(-c2cccs2)no1. The Kier molecular flexibility index (Phi) is 6.09. The molecule has 0 spiro atoms. The number of hydrogen-bond acceptors (Lipinski definition) is 6. The van der Waals surface area contributed by atoms with Crippen LogP contribution >= 0.6 is 11.3 Å². The number of likely N-dealkylation sites (N-methyl/N-ethyl adjacent to an activating group) is 1. The molecule has 2 aromatic carbocycles. The van der Waals surface area contributed by atoms with Crippen molar-refractivity contribution in [1.82, 2.24) is 15.0 Å². The van der Waals surface area contributed by atoms with Gasteiger partial charge in [0.15, 0.2) is 6.10 Å². The van der Waals surface area contributed by atoms with Gasteiger partial charge in [0.1, 0.15) is 12.3 Å². The Morgan fingerprint density at radius 2 is 1.97 bits per heavy atom. The molecule has 0 N–H and O–H groups in total. The van der Waals surface area contributed by atoms with E-state index in [9.17, 15) is 4.79 Å². The molecule has 4 rings (SSSR count). The minimum absolute atomic E-state index is 0.0935. The molecule has 0 aliphatic heterocycles. The van der Waals surface area contributed by atoms with Crippen molar-refractivity contribution in [3.05, 3.63) is 65.9 Å². The third kappa shape index (κ3) is 4.36. The third-order valence-electron chi connectivity index (χ3n) is 4.87. The zero-order valence-corrected chi connectivity index (χ0v) is 17.8. The third-order valence-corrected chi connectivity index (χ3v) is 5.74. The van der Waals surface area contributed by atoms with Crippen LogP contribution in [-0.2, 0) is 11.3 Å². The molecule has 30 heavy (non-hydrogen) atoms. The van der Waals surface area contributed by atoms with Crippen LogP contribution in [0.15, 0.2) is 64.5 Å². The van der Waals surface area contributed by atoms with Crippen molar-refractivity contribution in [2.24, 2.45) is 0 Å². The fourth-order valence-electron chi connectivity index (χ4n) is 3.25. The van der Waals surface area contributed by atoms with Crippen molar-refractivity contribution in [2.75, 3.05) is 6.54 Å². The van der Waals surface area contributed by atoms with Crippen LogP contribution in [0.3, 0.4) is 0 Å². The fraction of sp³-hybridized carbons (Fsp3) is 0.261. The minimum Gasteiger partial charge on any atom is -0.481 e. The average molecular weight is 422 g/mol. The van der Waals surface area contributed by atoms with Gasteiger partial charge in [-0.1, -0.05) is 48.5 Å². The number of aromatic nitrogens is 2. The Morgan fingerprint density at radius 1 is 1.13 bits per heavy atom. The molecule has 0 radical (unpaired) electrons. The normalized spacial score (nSPS) is 12.1. The number of rotatable bonds is 8. The molecule has 4 aromatic rings. The second-order valence-corrected chi connectivity index (χ2v) is 7.81. The molecule has 0 aliphatic rings. The fourth-order valence-corrected chi connectivity index (χ4v) is 3.90. The van der Waals surface area contributed by atoms with E-state index >= 15 is 0 Å². The lowest BCUT2D eigenvalue weighted by Gasteiger charge is -2.25. The summed E-state index contributed by atoms with van der Waals surface area (Å²) in [6, 6.07) is 17.8. The summed E-state index contributed by atoms with van der Waals surface area (Å²) < 4.78 is 11.4. The van der Waals surface area contributed by atoms with Gasteiger partial charge in [-0.05, 0) is 47.7 Å². The van der Waals surface area contributed by atoms with Crippen molar-refractivity contribution in [3.8, 4) is 16.5 Å². The lowest BCUT2D eigenvalue weighted by Crippen LogP contribution is -2.41. The molecule has 1 amide bonds. The van der Waals surface area contributed by atoms with E-state index in [1.54, 1.807) is 16.2 Å². The highest BCUT2D eigenvalue weighted by molar-refractivity contribution is 7.13. The van der Waals surface area contributed by atoms with E-state index in [1.165, 1.54) is 0 Å². The minimum atomic E-state index is -0.578. The summed E-state index contributed by atoms with van der Waals surface area (Å²) in [4.78, 5) is 20.2. The Hall–Kier alpha value is -3.19. The van der Waals surface area contributed by atoms with E-state index < -0.39 is 6.10 Å². The summed E-state index contributed by atoms with van der Waals surface area (Å²) in [6.07, 6.45) is -0.0160. The average Bonchev–Trinajstić information content (AvgIpc) is 3.47. The number of benzene rings is 2. The summed E-state index contributed by atoms with van der Waals surface area (Å²) in [5.74, 6) is 1.55. The Balaban J connectivity index is 1.46. The van der Waals surface area contributed by atoms with Crippen molar-refractivity contribution in [2.45, 2.75) is 32.9 Å². The number of fused-ring (bicyclic) bond motifs is 1. The van der Waals surface area contributed by atoms with Crippen LogP contribution in [0.2, 0.25) is 0 Å². The molecule has 0 aliphatic carbocycles. The maximum absolute atomic E-state index is 13.1. The maximum Gasteiger partial charge on any atom is 0.264 e. The van der Waals surface area contributed by atoms with Crippen LogP contribution in [0.4, 0.5) is 0 Å². The first-order valence-corrected chi connectivity index (χ1v) is 10.9. The van der Waals surface area contributed by atoms with Crippen LogP contribution < -0.4 is 4.74 Å². The van der Waals surface area contributed by atoms with Crippen LogP contribution in [0, 0.1) is 0 Å². The number of ether oxygens (including phenoxy) is 1. The standard InChI is InChI=1S/C23H23N3O3S/c1-3-19(28-18-12-11-16-8-5-6-9-17(16)14-18)23(27)26(4-2)15-21-24-22(25-29-21)20-10-7-13-30-20/h5-14,19H,3-4,15H2,1-2H3/t19-/m0/s1.